The first-order chi connectivity index (χ1) is 13.7. The molecule has 0 atom stereocenters. The van der Waals surface area contributed by atoms with Crippen LogP contribution in [0.4, 0.5) is 11.6 Å². The van der Waals surface area contributed by atoms with Crippen molar-refractivity contribution in [2.75, 3.05) is 23.9 Å². The number of aromatic nitrogens is 2. The van der Waals surface area contributed by atoms with E-state index in [1.54, 1.807) is 13.4 Å². The Bertz CT molecular complexity index is 867. The highest BCUT2D eigenvalue weighted by Gasteiger charge is 2.13. The predicted molar refractivity (Wildman–Crippen MR) is 115 cm³/mol. The summed E-state index contributed by atoms with van der Waals surface area (Å²) in [6, 6.07) is 21.0. The Hall–Kier alpha value is -3.08. The molecule has 0 saturated heterocycles. The molecule has 0 aliphatic heterocycles. The van der Waals surface area contributed by atoms with Crippen molar-refractivity contribution in [2.24, 2.45) is 0 Å². The van der Waals surface area contributed by atoms with Crippen LogP contribution in [0.5, 0.6) is 5.75 Å². The monoisotopic (exact) mass is 376 g/mol. The first-order valence-electron chi connectivity index (χ1n) is 9.65. The Morgan fingerprint density at radius 2 is 1.75 bits per heavy atom. The topological polar surface area (TPSA) is 50.3 Å². The molecule has 3 rings (SSSR count). The molecule has 0 radical (unpaired) electrons. The number of benzene rings is 2. The van der Waals surface area contributed by atoms with E-state index >= 15 is 0 Å². The van der Waals surface area contributed by atoms with Crippen LogP contribution in [0.15, 0.2) is 67.0 Å². The molecule has 0 spiro atoms. The number of hydrogen-bond donors (Lipinski definition) is 1. The molecule has 3 aromatic rings. The van der Waals surface area contributed by atoms with E-state index in [0.29, 0.717) is 6.04 Å². The van der Waals surface area contributed by atoms with E-state index in [0.717, 1.165) is 36.9 Å². The molecule has 1 N–H and O–H groups in total. The number of anilines is 2. The van der Waals surface area contributed by atoms with Gasteiger partial charge in [-0.2, -0.15) is 0 Å². The van der Waals surface area contributed by atoms with E-state index < -0.39 is 0 Å². The average Bonchev–Trinajstić information content (AvgIpc) is 2.73. The molecule has 146 valence electrons. The third kappa shape index (κ3) is 5.46. The van der Waals surface area contributed by atoms with Crippen LogP contribution < -0.4 is 15.0 Å². The number of rotatable bonds is 9. The van der Waals surface area contributed by atoms with Gasteiger partial charge in [-0.05, 0) is 43.5 Å². The largest absolute Gasteiger partial charge is 0.497 e. The van der Waals surface area contributed by atoms with E-state index in [4.69, 9.17) is 4.74 Å². The van der Waals surface area contributed by atoms with Gasteiger partial charge in [0.05, 0.1) is 7.11 Å². The summed E-state index contributed by atoms with van der Waals surface area (Å²) in [7, 11) is 1.69. The predicted octanol–water partition coefficient (Wildman–Crippen LogP) is 4.55. The average molecular weight is 377 g/mol. The maximum atomic E-state index is 5.29. The van der Waals surface area contributed by atoms with Crippen molar-refractivity contribution < 1.29 is 4.74 Å². The van der Waals surface area contributed by atoms with Gasteiger partial charge in [0.1, 0.15) is 23.7 Å². The van der Waals surface area contributed by atoms with Gasteiger partial charge in [0, 0.05) is 25.2 Å². The van der Waals surface area contributed by atoms with E-state index in [1.165, 1.54) is 11.1 Å². The van der Waals surface area contributed by atoms with Gasteiger partial charge in [0.15, 0.2) is 0 Å². The summed E-state index contributed by atoms with van der Waals surface area (Å²) in [6.45, 7) is 5.98. The van der Waals surface area contributed by atoms with Gasteiger partial charge in [-0.3, -0.25) is 0 Å². The molecule has 0 aliphatic carbocycles. The fourth-order valence-corrected chi connectivity index (χ4v) is 3.07. The van der Waals surface area contributed by atoms with Crippen LogP contribution in [-0.2, 0) is 13.0 Å². The fraction of sp³-hybridized carbons (Fsp3) is 0.304. The van der Waals surface area contributed by atoms with Crippen molar-refractivity contribution in [1.29, 1.82) is 0 Å². The summed E-state index contributed by atoms with van der Waals surface area (Å²) in [5.74, 6) is 2.65. The SMILES string of the molecule is COc1cccc(CCNc2cc(N(Cc3ccccc3)C(C)C)ncn2)c1. The van der Waals surface area contributed by atoms with Crippen molar-refractivity contribution in [1.82, 2.24) is 9.97 Å². The third-order valence-electron chi connectivity index (χ3n) is 4.62. The summed E-state index contributed by atoms with van der Waals surface area (Å²) in [5.41, 5.74) is 2.50. The second kappa shape index (κ2) is 9.74. The quantitative estimate of drug-likeness (QED) is 0.593. The van der Waals surface area contributed by atoms with Gasteiger partial charge in [-0.25, -0.2) is 9.97 Å². The van der Waals surface area contributed by atoms with Crippen LogP contribution in [0.1, 0.15) is 25.0 Å². The number of methoxy groups -OCH3 is 1. The first kappa shape index (κ1) is 19.7. The van der Waals surface area contributed by atoms with Crippen molar-refractivity contribution in [3.63, 3.8) is 0 Å². The Morgan fingerprint density at radius 3 is 2.50 bits per heavy atom. The Morgan fingerprint density at radius 1 is 0.964 bits per heavy atom. The zero-order valence-corrected chi connectivity index (χ0v) is 16.8. The fourth-order valence-electron chi connectivity index (χ4n) is 3.07. The molecule has 1 aromatic heterocycles. The highest BCUT2D eigenvalue weighted by molar-refractivity contribution is 5.49. The van der Waals surface area contributed by atoms with E-state index in [2.05, 4.69) is 70.4 Å². The molecular formula is C23H28N4O. The van der Waals surface area contributed by atoms with Gasteiger partial charge in [-0.1, -0.05) is 42.5 Å². The highest BCUT2D eigenvalue weighted by Crippen LogP contribution is 2.20. The molecule has 5 nitrogen and oxygen atoms in total. The number of ether oxygens (including phenoxy) is 1. The van der Waals surface area contributed by atoms with Crippen molar-refractivity contribution in [2.45, 2.75) is 32.9 Å². The summed E-state index contributed by atoms with van der Waals surface area (Å²) in [4.78, 5) is 11.2. The molecule has 1 heterocycles. The van der Waals surface area contributed by atoms with Gasteiger partial charge in [0.25, 0.3) is 0 Å². The Labute approximate surface area is 167 Å². The van der Waals surface area contributed by atoms with E-state index in [9.17, 15) is 0 Å². The van der Waals surface area contributed by atoms with Crippen molar-refractivity contribution in [3.05, 3.63) is 78.1 Å². The Balaban J connectivity index is 1.64. The van der Waals surface area contributed by atoms with Crippen molar-refractivity contribution in [3.8, 4) is 5.75 Å². The summed E-state index contributed by atoms with van der Waals surface area (Å²) >= 11 is 0. The van der Waals surface area contributed by atoms with Crippen LogP contribution in [0.3, 0.4) is 0 Å². The third-order valence-corrected chi connectivity index (χ3v) is 4.62. The van der Waals surface area contributed by atoms with E-state index in [-0.39, 0.29) is 0 Å². The van der Waals surface area contributed by atoms with Gasteiger partial charge < -0.3 is 15.0 Å². The molecule has 2 aromatic carbocycles. The molecule has 0 amide bonds. The molecule has 0 fully saturated rings. The first-order valence-corrected chi connectivity index (χ1v) is 9.65. The maximum Gasteiger partial charge on any atom is 0.134 e. The zero-order chi connectivity index (χ0) is 19.8. The van der Waals surface area contributed by atoms with Gasteiger partial charge in [0.2, 0.25) is 0 Å². The molecule has 0 saturated carbocycles. The molecule has 0 aliphatic rings. The van der Waals surface area contributed by atoms with Crippen LogP contribution >= 0.6 is 0 Å². The lowest BCUT2D eigenvalue weighted by Crippen LogP contribution is -2.31. The van der Waals surface area contributed by atoms with Crippen LogP contribution in [0.2, 0.25) is 0 Å². The number of nitrogens with one attached hydrogen (secondary N) is 1. The molecular weight excluding hydrogens is 348 g/mol. The minimum absolute atomic E-state index is 0.333. The zero-order valence-electron chi connectivity index (χ0n) is 16.8. The minimum Gasteiger partial charge on any atom is -0.497 e. The Kier molecular flexibility index (Phi) is 6.84. The molecule has 0 unspecified atom stereocenters. The molecule has 28 heavy (non-hydrogen) atoms. The second-order valence-corrected chi connectivity index (χ2v) is 7.00. The minimum atomic E-state index is 0.333. The highest BCUT2D eigenvalue weighted by atomic mass is 16.5. The maximum absolute atomic E-state index is 5.29. The molecule has 5 heteroatoms. The summed E-state index contributed by atoms with van der Waals surface area (Å²) in [6.07, 6.45) is 2.53. The summed E-state index contributed by atoms with van der Waals surface area (Å²) < 4.78 is 5.29. The lowest BCUT2D eigenvalue weighted by molar-refractivity contribution is 0.414. The number of hydrogen-bond acceptors (Lipinski definition) is 5. The van der Waals surface area contributed by atoms with Crippen LogP contribution in [0, 0.1) is 0 Å². The molecule has 0 bridgehead atoms. The van der Waals surface area contributed by atoms with E-state index in [1.807, 2.05) is 24.3 Å². The van der Waals surface area contributed by atoms with Crippen LogP contribution in [-0.4, -0.2) is 29.7 Å². The van der Waals surface area contributed by atoms with Crippen molar-refractivity contribution >= 4 is 11.6 Å². The van der Waals surface area contributed by atoms with Crippen LogP contribution in [0.25, 0.3) is 0 Å². The number of nitrogens with zero attached hydrogens (tertiary/aromatic N) is 3. The van der Waals surface area contributed by atoms with Gasteiger partial charge >= 0.3 is 0 Å². The smallest absolute Gasteiger partial charge is 0.134 e. The second-order valence-electron chi connectivity index (χ2n) is 7.00. The summed E-state index contributed by atoms with van der Waals surface area (Å²) in [5, 5.41) is 3.41. The standard InChI is InChI=1S/C23H28N4O/c1-18(2)27(16-20-8-5-4-6-9-20)23-15-22(25-17-26-23)24-13-12-19-10-7-11-21(14-19)28-3/h4-11,14-15,17-18H,12-13,16H2,1-3H3,(H,24,25,26). The van der Waals surface area contributed by atoms with Gasteiger partial charge in [-0.15, -0.1) is 0 Å². The lowest BCUT2D eigenvalue weighted by atomic mass is 10.1. The lowest BCUT2D eigenvalue weighted by Gasteiger charge is -2.28. The normalized spacial score (nSPS) is 10.7.